The molecule has 1 aromatic heterocycles. The smallest absolute Gasteiger partial charge is 0.417 e. The minimum atomic E-state index is -4.76. The van der Waals surface area contributed by atoms with Crippen molar-refractivity contribution in [2.45, 2.75) is 30.1 Å². The Morgan fingerprint density at radius 2 is 2.07 bits per heavy atom. The minimum Gasteiger partial charge on any atom is -0.431 e. The molecule has 0 fully saturated rings. The maximum Gasteiger partial charge on any atom is 0.417 e. The summed E-state index contributed by atoms with van der Waals surface area (Å²) in [5, 5.41) is 8.96. The number of benzene rings is 1. The summed E-state index contributed by atoms with van der Waals surface area (Å²) in [5.41, 5.74) is -1.11. The molecular weight excluding hydrogens is 420 g/mol. The van der Waals surface area contributed by atoms with Crippen LogP contribution in [0, 0.1) is 17.1 Å². The van der Waals surface area contributed by atoms with E-state index in [0.29, 0.717) is 23.8 Å². The second-order valence-electron chi connectivity index (χ2n) is 6.14. The molecular formula is C18H13F6N3OS. The average molecular weight is 433 g/mol. The third-order valence-corrected chi connectivity index (χ3v) is 5.38. The molecule has 0 N–H and O–H groups in total. The SMILES string of the molecule is Cn1cc(C(F)(F)F)cc(OC(F)F)c1=NC1CCSc2c1ccc(C#N)c2F. The van der Waals surface area contributed by atoms with Crippen molar-refractivity contribution < 1.29 is 31.1 Å². The van der Waals surface area contributed by atoms with E-state index in [1.807, 2.05) is 0 Å². The molecule has 1 aromatic carbocycles. The third kappa shape index (κ3) is 4.37. The molecule has 0 saturated heterocycles. The Morgan fingerprint density at radius 1 is 1.34 bits per heavy atom. The quantitative estimate of drug-likeness (QED) is 0.654. The first-order valence-corrected chi connectivity index (χ1v) is 9.22. The monoisotopic (exact) mass is 433 g/mol. The standard InChI is InChI=1S/C18H13F6N3OS/c1-27-8-10(18(22,23)24)6-13(28-17(20)21)16(27)26-12-4-5-29-15-11(12)3-2-9(7-25)14(15)19/h2-3,6,8,12,17H,4-5H2,1H3. The lowest BCUT2D eigenvalue weighted by Crippen LogP contribution is -2.26. The Bertz CT molecular complexity index is 1040. The highest BCUT2D eigenvalue weighted by Crippen LogP contribution is 2.40. The molecule has 2 aromatic rings. The number of pyridine rings is 1. The van der Waals surface area contributed by atoms with Gasteiger partial charge in [0.25, 0.3) is 0 Å². The Kier molecular flexibility index (Phi) is 5.84. The molecule has 4 nitrogen and oxygen atoms in total. The number of alkyl halides is 5. The minimum absolute atomic E-state index is 0.140. The number of hydrogen-bond acceptors (Lipinski definition) is 4. The van der Waals surface area contributed by atoms with Crippen LogP contribution in [0.25, 0.3) is 0 Å². The van der Waals surface area contributed by atoms with Gasteiger partial charge in [0.2, 0.25) is 0 Å². The van der Waals surface area contributed by atoms with Crippen LogP contribution >= 0.6 is 11.8 Å². The molecule has 11 heteroatoms. The van der Waals surface area contributed by atoms with E-state index < -0.39 is 36.0 Å². The van der Waals surface area contributed by atoms with Gasteiger partial charge in [-0.3, -0.25) is 4.99 Å². The van der Waals surface area contributed by atoms with E-state index in [1.54, 1.807) is 6.07 Å². The topological polar surface area (TPSA) is 50.3 Å². The van der Waals surface area contributed by atoms with Crippen LogP contribution < -0.4 is 10.2 Å². The Labute approximate surface area is 165 Å². The van der Waals surface area contributed by atoms with Crippen LogP contribution in [-0.2, 0) is 13.2 Å². The van der Waals surface area contributed by atoms with Gasteiger partial charge in [0, 0.05) is 23.9 Å². The maximum atomic E-state index is 14.4. The predicted molar refractivity (Wildman–Crippen MR) is 91.8 cm³/mol. The summed E-state index contributed by atoms with van der Waals surface area (Å²) in [5.74, 6) is -0.996. The zero-order valence-electron chi connectivity index (χ0n) is 14.8. The zero-order chi connectivity index (χ0) is 21.3. The second-order valence-corrected chi connectivity index (χ2v) is 7.25. The summed E-state index contributed by atoms with van der Waals surface area (Å²) in [6, 6.07) is 4.29. The Balaban J connectivity index is 2.17. The molecule has 0 amide bonds. The summed E-state index contributed by atoms with van der Waals surface area (Å²) >= 11 is 1.19. The Morgan fingerprint density at radius 3 is 2.69 bits per heavy atom. The lowest BCUT2D eigenvalue weighted by atomic mass is 10.0. The van der Waals surface area contributed by atoms with Crippen molar-refractivity contribution in [2.75, 3.05) is 5.75 Å². The first kappa shape index (κ1) is 21.1. The first-order chi connectivity index (χ1) is 13.6. The van der Waals surface area contributed by atoms with Crippen molar-refractivity contribution in [3.63, 3.8) is 0 Å². The predicted octanol–water partition coefficient (Wildman–Crippen LogP) is 4.79. The van der Waals surface area contributed by atoms with E-state index in [1.165, 1.54) is 30.9 Å². The number of ether oxygens (including phenoxy) is 1. The summed E-state index contributed by atoms with van der Waals surface area (Å²) in [7, 11) is 1.23. The summed E-state index contributed by atoms with van der Waals surface area (Å²) in [6.45, 7) is -3.35. The molecule has 0 bridgehead atoms. The number of fused-ring (bicyclic) bond motifs is 1. The number of aromatic nitrogens is 1. The largest absolute Gasteiger partial charge is 0.431 e. The molecule has 1 unspecified atom stereocenters. The van der Waals surface area contributed by atoms with E-state index >= 15 is 0 Å². The van der Waals surface area contributed by atoms with Crippen LogP contribution in [0.3, 0.4) is 0 Å². The van der Waals surface area contributed by atoms with Gasteiger partial charge in [0.15, 0.2) is 17.1 Å². The maximum absolute atomic E-state index is 14.4. The van der Waals surface area contributed by atoms with Gasteiger partial charge >= 0.3 is 12.8 Å². The molecule has 2 heterocycles. The van der Waals surface area contributed by atoms with E-state index in [9.17, 15) is 26.3 Å². The fraction of sp³-hybridized carbons (Fsp3) is 0.333. The molecule has 0 radical (unpaired) electrons. The normalized spacial score (nSPS) is 17.2. The Hall–Kier alpha value is -2.61. The fourth-order valence-corrected chi connectivity index (χ4v) is 4.11. The summed E-state index contributed by atoms with van der Waals surface area (Å²) in [4.78, 5) is 4.52. The number of hydrogen-bond donors (Lipinski definition) is 0. The van der Waals surface area contributed by atoms with Crippen LogP contribution in [0.4, 0.5) is 26.3 Å². The van der Waals surface area contributed by atoms with E-state index in [-0.39, 0.29) is 15.9 Å². The number of nitrogens with zero attached hydrogens (tertiary/aromatic N) is 3. The van der Waals surface area contributed by atoms with Crippen molar-refractivity contribution in [2.24, 2.45) is 12.0 Å². The summed E-state index contributed by atoms with van der Waals surface area (Å²) < 4.78 is 84.3. The fourth-order valence-electron chi connectivity index (χ4n) is 2.96. The lowest BCUT2D eigenvalue weighted by molar-refractivity contribution is -0.138. The number of aryl methyl sites for hydroxylation is 1. The van der Waals surface area contributed by atoms with Gasteiger partial charge < -0.3 is 9.30 Å². The third-order valence-electron chi connectivity index (χ3n) is 4.24. The first-order valence-electron chi connectivity index (χ1n) is 8.23. The van der Waals surface area contributed by atoms with E-state index in [0.717, 1.165) is 10.8 Å². The second kappa shape index (κ2) is 8.02. The number of nitriles is 1. The molecule has 0 saturated carbocycles. The van der Waals surface area contributed by atoms with Crippen molar-refractivity contribution in [3.8, 4) is 11.8 Å². The lowest BCUT2D eigenvalue weighted by Gasteiger charge is -2.23. The molecule has 154 valence electrons. The summed E-state index contributed by atoms with van der Waals surface area (Å²) in [6.07, 6.45) is -3.64. The van der Waals surface area contributed by atoms with Gasteiger partial charge in [-0.2, -0.15) is 27.2 Å². The highest BCUT2D eigenvalue weighted by Gasteiger charge is 2.33. The van der Waals surface area contributed by atoms with Crippen molar-refractivity contribution >= 4 is 11.8 Å². The number of rotatable bonds is 3. The average Bonchev–Trinajstić information content (AvgIpc) is 2.63. The highest BCUT2D eigenvalue weighted by atomic mass is 32.2. The van der Waals surface area contributed by atoms with Crippen molar-refractivity contribution in [1.29, 1.82) is 5.26 Å². The van der Waals surface area contributed by atoms with Gasteiger partial charge in [-0.25, -0.2) is 4.39 Å². The van der Waals surface area contributed by atoms with Crippen LogP contribution in [-0.4, -0.2) is 16.9 Å². The van der Waals surface area contributed by atoms with Gasteiger partial charge in [-0.05, 0) is 24.1 Å². The molecule has 1 aliphatic heterocycles. The van der Waals surface area contributed by atoms with Crippen molar-refractivity contribution in [1.82, 2.24) is 4.57 Å². The van der Waals surface area contributed by atoms with Gasteiger partial charge in [0.05, 0.1) is 17.2 Å². The van der Waals surface area contributed by atoms with Crippen LogP contribution in [0.1, 0.15) is 29.2 Å². The van der Waals surface area contributed by atoms with E-state index in [4.69, 9.17) is 5.26 Å². The number of thioether (sulfide) groups is 1. The van der Waals surface area contributed by atoms with Crippen LogP contribution in [0.15, 0.2) is 34.3 Å². The number of halogens is 6. The zero-order valence-corrected chi connectivity index (χ0v) is 15.6. The van der Waals surface area contributed by atoms with Gasteiger partial charge in [-0.1, -0.05) is 6.07 Å². The van der Waals surface area contributed by atoms with Crippen LogP contribution in [0.5, 0.6) is 5.75 Å². The molecule has 3 rings (SSSR count). The molecule has 1 aliphatic rings. The molecule has 29 heavy (non-hydrogen) atoms. The highest BCUT2D eigenvalue weighted by molar-refractivity contribution is 7.99. The van der Waals surface area contributed by atoms with Crippen molar-refractivity contribution in [3.05, 3.63) is 52.4 Å². The van der Waals surface area contributed by atoms with Gasteiger partial charge in [-0.15, -0.1) is 11.8 Å². The molecule has 0 aliphatic carbocycles. The van der Waals surface area contributed by atoms with E-state index in [2.05, 4.69) is 9.73 Å². The van der Waals surface area contributed by atoms with Crippen LogP contribution in [0.2, 0.25) is 0 Å². The molecule has 0 spiro atoms. The molecule has 1 atom stereocenters. The van der Waals surface area contributed by atoms with Gasteiger partial charge in [0.1, 0.15) is 6.07 Å².